The van der Waals surface area contributed by atoms with Crippen LogP contribution in [0.4, 0.5) is 13.2 Å². The highest BCUT2D eigenvalue weighted by Crippen LogP contribution is 2.33. The Morgan fingerprint density at radius 2 is 2.00 bits per heavy atom. The Kier molecular flexibility index (Phi) is 8.11. The second kappa shape index (κ2) is 11.6. The number of benzene rings is 1. The first-order valence-electron chi connectivity index (χ1n) is 12.3. The van der Waals surface area contributed by atoms with E-state index < -0.39 is 40.0 Å². The van der Waals surface area contributed by atoms with Crippen LogP contribution in [0, 0.1) is 0 Å². The summed E-state index contributed by atoms with van der Waals surface area (Å²) in [4.78, 5) is 25.4. The average molecular weight is 607 g/mol. The molecule has 0 spiro atoms. The molecule has 1 N–H and O–H groups in total. The van der Waals surface area contributed by atoms with Gasteiger partial charge in [0.25, 0.3) is 12.3 Å². The van der Waals surface area contributed by atoms with E-state index in [0.29, 0.717) is 27.9 Å². The third-order valence-electron chi connectivity index (χ3n) is 6.28. The van der Waals surface area contributed by atoms with Gasteiger partial charge in [-0.3, -0.25) is 9.78 Å². The van der Waals surface area contributed by atoms with Crippen LogP contribution in [0.15, 0.2) is 53.6 Å². The van der Waals surface area contributed by atoms with Crippen molar-refractivity contribution in [2.45, 2.75) is 36.9 Å². The van der Waals surface area contributed by atoms with Gasteiger partial charge in [-0.2, -0.15) is 0 Å². The molecule has 1 aliphatic heterocycles. The maximum Gasteiger partial charge on any atom is 0.280 e. The largest absolute Gasteiger partial charge is 0.477 e. The van der Waals surface area contributed by atoms with E-state index >= 15 is 0 Å². The molecule has 14 heteroatoms. The molecule has 1 atom stereocenters. The monoisotopic (exact) mass is 606 g/mol. The van der Waals surface area contributed by atoms with Crippen LogP contribution in [0.1, 0.15) is 40.7 Å². The standard InChI is InChI=1S/C27H22ClF3N4O5S/c1-2-40-27-17(4-6-21(35-27)25(30)31)20-5-3-14-10-32-16(9-22(14)34-20)11-33-26(36)15-7-19(28)18-12-39-13-24(29)41(37,38)23(18)8-15/h3-10,24-25H,2,11-13H2,1H3,(H,33,36)/t24-/m1/s1. The van der Waals surface area contributed by atoms with Crippen LogP contribution in [-0.4, -0.2) is 48.0 Å². The van der Waals surface area contributed by atoms with E-state index in [-0.39, 0.29) is 46.7 Å². The number of pyridine rings is 3. The third kappa shape index (κ3) is 5.83. The number of sulfone groups is 1. The van der Waals surface area contributed by atoms with Crippen LogP contribution >= 0.6 is 11.6 Å². The minimum absolute atomic E-state index is 0.0331. The zero-order valence-corrected chi connectivity index (χ0v) is 23.0. The smallest absolute Gasteiger partial charge is 0.280 e. The lowest BCUT2D eigenvalue weighted by molar-refractivity contribution is 0.0947. The first-order valence-corrected chi connectivity index (χ1v) is 14.2. The lowest BCUT2D eigenvalue weighted by Gasteiger charge is -2.12. The molecule has 1 amide bonds. The normalized spacial score (nSPS) is 16.3. The fraction of sp³-hybridized carbons (Fsp3) is 0.259. The number of ether oxygens (including phenoxy) is 2. The number of nitrogens with one attached hydrogen (secondary N) is 1. The van der Waals surface area contributed by atoms with Crippen LogP contribution in [0.2, 0.25) is 5.02 Å². The summed E-state index contributed by atoms with van der Waals surface area (Å²) in [6.45, 7) is 1.04. The van der Waals surface area contributed by atoms with Crippen molar-refractivity contribution in [2.75, 3.05) is 13.2 Å². The summed E-state index contributed by atoms with van der Waals surface area (Å²) in [6, 6.07) is 10.1. The molecule has 0 unspecified atom stereocenters. The summed E-state index contributed by atoms with van der Waals surface area (Å²) >= 11 is 6.22. The van der Waals surface area contributed by atoms with E-state index in [0.717, 1.165) is 6.07 Å². The summed E-state index contributed by atoms with van der Waals surface area (Å²) < 4.78 is 76.2. The predicted molar refractivity (Wildman–Crippen MR) is 143 cm³/mol. The molecule has 4 aromatic rings. The van der Waals surface area contributed by atoms with Gasteiger partial charge in [0, 0.05) is 27.7 Å². The van der Waals surface area contributed by atoms with E-state index in [1.807, 2.05) is 0 Å². The molecule has 0 fully saturated rings. The second-order valence-electron chi connectivity index (χ2n) is 8.98. The molecule has 4 heterocycles. The number of nitrogens with zero attached hydrogens (tertiary/aromatic N) is 3. The van der Waals surface area contributed by atoms with Gasteiger partial charge in [-0.05, 0) is 49.4 Å². The highest BCUT2D eigenvalue weighted by molar-refractivity contribution is 7.92. The van der Waals surface area contributed by atoms with Crippen LogP contribution in [-0.2, 0) is 27.7 Å². The molecule has 1 aromatic carbocycles. The Bertz CT molecular complexity index is 1760. The molecular formula is C27H22ClF3N4O5S. The van der Waals surface area contributed by atoms with Crippen LogP contribution < -0.4 is 10.1 Å². The van der Waals surface area contributed by atoms with Gasteiger partial charge in [0.05, 0.1) is 53.7 Å². The average Bonchev–Trinajstić information content (AvgIpc) is 3.06. The molecule has 0 bridgehead atoms. The number of aromatic nitrogens is 3. The highest BCUT2D eigenvalue weighted by Gasteiger charge is 2.34. The molecule has 3 aromatic heterocycles. The lowest BCUT2D eigenvalue weighted by atomic mass is 10.1. The number of hydrogen-bond acceptors (Lipinski definition) is 8. The van der Waals surface area contributed by atoms with Crippen molar-refractivity contribution in [1.82, 2.24) is 20.3 Å². The molecule has 5 rings (SSSR count). The lowest BCUT2D eigenvalue weighted by Crippen LogP contribution is -2.24. The maximum absolute atomic E-state index is 14.2. The molecule has 1 aliphatic rings. The third-order valence-corrected chi connectivity index (χ3v) is 8.40. The van der Waals surface area contributed by atoms with Crippen molar-refractivity contribution >= 4 is 38.2 Å². The second-order valence-corrected chi connectivity index (χ2v) is 11.4. The van der Waals surface area contributed by atoms with Crippen molar-refractivity contribution in [3.8, 4) is 17.1 Å². The van der Waals surface area contributed by atoms with Gasteiger partial charge in [-0.25, -0.2) is 31.6 Å². The Morgan fingerprint density at radius 3 is 2.76 bits per heavy atom. The zero-order valence-electron chi connectivity index (χ0n) is 21.4. The number of hydrogen-bond donors (Lipinski definition) is 1. The Morgan fingerprint density at radius 1 is 1.20 bits per heavy atom. The van der Waals surface area contributed by atoms with Crippen molar-refractivity contribution in [1.29, 1.82) is 0 Å². The van der Waals surface area contributed by atoms with E-state index in [1.54, 1.807) is 31.3 Å². The molecule has 214 valence electrons. The number of rotatable bonds is 7. The molecular weight excluding hydrogens is 585 g/mol. The van der Waals surface area contributed by atoms with E-state index in [2.05, 4.69) is 20.3 Å². The Hall–Kier alpha value is -3.81. The maximum atomic E-state index is 14.2. The number of carbonyl (C=O) groups is 1. The zero-order chi connectivity index (χ0) is 29.3. The fourth-order valence-corrected chi connectivity index (χ4v) is 5.90. The quantitative estimate of drug-likeness (QED) is 0.304. The van der Waals surface area contributed by atoms with Gasteiger partial charge < -0.3 is 14.8 Å². The van der Waals surface area contributed by atoms with Gasteiger partial charge in [0.15, 0.2) is 0 Å². The van der Waals surface area contributed by atoms with Gasteiger partial charge in [-0.1, -0.05) is 11.6 Å². The summed E-state index contributed by atoms with van der Waals surface area (Å²) in [5, 5.41) is 3.30. The number of amides is 1. The summed E-state index contributed by atoms with van der Waals surface area (Å²) in [5.41, 5.74) is -0.866. The first kappa shape index (κ1) is 28.7. The van der Waals surface area contributed by atoms with E-state index in [9.17, 15) is 26.4 Å². The fourth-order valence-electron chi connectivity index (χ4n) is 4.21. The molecule has 0 aliphatic carbocycles. The number of halogens is 4. The Balaban J connectivity index is 1.39. The summed E-state index contributed by atoms with van der Waals surface area (Å²) in [5.74, 6) is -0.619. The topological polar surface area (TPSA) is 120 Å². The van der Waals surface area contributed by atoms with Crippen molar-refractivity contribution < 1.29 is 35.9 Å². The first-order chi connectivity index (χ1) is 19.6. The number of fused-ring (bicyclic) bond motifs is 2. The molecule has 0 saturated heterocycles. The van der Waals surface area contributed by atoms with Gasteiger partial charge >= 0.3 is 0 Å². The molecule has 41 heavy (non-hydrogen) atoms. The SMILES string of the molecule is CCOc1nc(C(F)F)ccc1-c1ccc2cnc(CNC(=O)c3cc(Cl)c4c(c3)S(=O)(=O)[C@@H](F)COC4)cc2n1. The molecule has 9 nitrogen and oxygen atoms in total. The minimum Gasteiger partial charge on any atom is -0.477 e. The van der Waals surface area contributed by atoms with Gasteiger partial charge in [0.1, 0.15) is 5.69 Å². The van der Waals surface area contributed by atoms with Crippen molar-refractivity contribution in [3.05, 3.63) is 76.2 Å². The predicted octanol–water partition coefficient (Wildman–Crippen LogP) is 5.21. The molecule has 0 radical (unpaired) electrons. The van der Waals surface area contributed by atoms with Gasteiger partial charge in [0.2, 0.25) is 21.2 Å². The summed E-state index contributed by atoms with van der Waals surface area (Å²) in [6.07, 6.45) is -1.19. The van der Waals surface area contributed by atoms with Gasteiger partial charge in [-0.15, -0.1) is 0 Å². The molecule has 0 saturated carbocycles. The van der Waals surface area contributed by atoms with Crippen molar-refractivity contribution in [3.63, 3.8) is 0 Å². The minimum atomic E-state index is -4.40. The van der Waals surface area contributed by atoms with Crippen LogP contribution in [0.25, 0.3) is 22.2 Å². The van der Waals surface area contributed by atoms with Crippen LogP contribution in [0.5, 0.6) is 5.88 Å². The Labute approximate surface area is 237 Å². The van der Waals surface area contributed by atoms with E-state index in [4.69, 9.17) is 21.1 Å². The number of carbonyl (C=O) groups excluding carboxylic acids is 1. The highest BCUT2D eigenvalue weighted by atomic mass is 35.5. The van der Waals surface area contributed by atoms with Crippen LogP contribution in [0.3, 0.4) is 0 Å². The van der Waals surface area contributed by atoms with Crippen molar-refractivity contribution in [2.24, 2.45) is 0 Å². The number of alkyl halides is 3. The van der Waals surface area contributed by atoms with E-state index in [1.165, 1.54) is 18.2 Å². The summed E-state index contributed by atoms with van der Waals surface area (Å²) in [7, 11) is -4.40.